The van der Waals surface area contributed by atoms with Gasteiger partial charge in [0.2, 0.25) is 0 Å². The molecule has 0 saturated carbocycles. The van der Waals surface area contributed by atoms with E-state index in [1.165, 1.54) is 0 Å². The van der Waals surface area contributed by atoms with Gasteiger partial charge in [-0.2, -0.15) is 0 Å². The van der Waals surface area contributed by atoms with E-state index in [-0.39, 0.29) is 11.5 Å². The normalized spacial score (nSPS) is 36.8. The first-order valence-electron chi connectivity index (χ1n) is 6.40. The van der Waals surface area contributed by atoms with Gasteiger partial charge < -0.3 is 9.47 Å². The minimum Gasteiger partial charge on any atom is -0.349 e. The second-order valence-corrected chi connectivity index (χ2v) is 6.39. The lowest BCUT2D eigenvalue weighted by Gasteiger charge is -2.49. The number of nitrogens with zero attached hydrogens (tertiary/aromatic N) is 1. The van der Waals surface area contributed by atoms with E-state index in [9.17, 15) is 0 Å². The van der Waals surface area contributed by atoms with Gasteiger partial charge in [0.1, 0.15) is 12.9 Å². The standard InChI is InChI=1S/C13H25NO2/c1-9(2)14-7-6-10-11(16-8-15-10)12(14)13(3,4)5/h9-12H,6-8H2,1-5H3. The number of hydrogen-bond acceptors (Lipinski definition) is 3. The third kappa shape index (κ3) is 2.13. The summed E-state index contributed by atoms with van der Waals surface area (Å²) in [6.07, 6.45) is 1.69. The third-order valence-electron chi connectivity index (χ3n) is 3.80. The van der Waals surface area contributed by atoms with Crippen molar-refractivity contribution in [1.82, 2.24) is 4.90 Å². The highest BCUT2D eigenvalue weighted by atomic mass is 16.7. The number of ether oxygens (including phenoxy) is 2. The molecule has 0 amide bonds. The topological polar surface area (TPSA) is 21.7 Å². The van der Waals surface area contributed by atoms with Gasteiger partial charge in [0.05, 0.1) is 6.10 Å². The largest absolute Gasteiger partial charge is 0.349 e. The number of hydrogen-bond donors (Lipinski definition) is 0. The second kappa shape index (κ2) is 4.28. The van der Waals surface area contributed by atoms with Crippen LogP contribution in [0.1, 0.15) is 41.0 Å². The van der Waals surface area contributed by atoms with Gasteiger partial charge in [-0.3, -0.25) is 4.90 Å². The van der Waals surface area contributed by atoms with Crippen molar-refractivity contribution in [2.75, 3.05) is 13.3 Å². The Balaban J connectivity index is 2.22. The summed E-state index contributed by atoms with van der Waals surface area (Å²) in [6.45, 7) is 13.1. The molecule has 16 heavy (non-hydrogen) atoms. The zero-order valence-electron chi connectivity index (χ0n) is 11.2. The van der Waals surface area contributed by atoms with Gasteiger partial charge in [0, 0.05) is 18.6 Å². The van der Waals surface area contributed by atoms with Crippen molar-refractivity contribution in [1.29, 1.82) is 0 Å². The maximum absolute atomic E-state index is 5.81. The summed E-state index contributed by atoms with van der Waals surface area (Å²) in [6, 6.07) is 1.04. The molecule has 2 heterocycles. The van der Waals surface area contributed by atoms with E-state index in [1.807, 2.05) is 0 Å². The maximum Gasteiger partial charge on any atom is 0.147 e. The average Bonchev–Trinajstić information content (AvgIpc) is 2.61. The molecule has 0 aromatic rings. The third-order valence-corrected chi connectivity index (χ3v) is 3.80. The van der Waals surface area contributed by atoms with Gasteiger partial charge >= 0.3 is 0 Å². The van der Waals surface area contributed by atoms with Crippen molar-refractivity contribution in [3.05, 3.63) is 0 Å². The van der Waals surface area contributed by atoms with Crippen LogP contribution in [0.5, 0.6) is 0 Å². The highest BCUT2D eigenvalue weighted by Gasteiger charge is 2.48. The molecule has 2 rings (SSSR count). The summed E-state index contributed by atoms with van der Waals surface area (Å²) >= 11 is 0. The summed E-state index contributed by atoms with van der Waals surface area (Å²) in [5.74, 6) is 0. The van der Waals surface area contributed by atoms with E-state index >= 15 is 0 Å². The van der Waals surface area contributed by atoms with Crippen molar-refractivity contribution in [2.45, 2.75) is 65.3 Å². The molecule has 3 unspecified atom stereocenters. The van der Waals surface area contributed by atoms with Crippen LogP contribution in [-0.4, -0.2) is 42.5 Å². The van der Waals surface area contributed by atoms with Gasteiger partial charge in [-0.05, 0) is 25.7 Å². The van der Waals surface area contributed by atoms with Gasteiger partial charge in [-0.15, -0.1) is 0 Å². The van der Waals surface area contributed by atoms with Gasteiger partial charge in [-0.1, -0.05) is 20.8 Å². The molecule has 3 nitrogen and oxygen atoms in total. The monoisotopic (exact) mass is 227 g/mol. The van der Waals surface area contributed by atoms with Crippen LogP contribution in [0.3, 0.4) is 0 Å². The van der Waals surface area contributed by atoms with Gasteiger partial charge in [0.15, 0.2) is 0 Å². The van der Waals surface area contributed by atoms with Gasteiger partial charge in [-0.25, -0.2) is 0 Å². The average molecular weight is 227 g/mol. The molecule has 2 aliphatic heterocycles. The molecule has 2 aliphatic rings. The first kappa shape index (κ1) is 12.3. The summed E-state index contributed by atoms with van der Waals surface area (Å²) in [5, 5.41) is 0. The molecule has 0 radical (unpaired) electrons. The molecule has 2 saturated heterocycles. The lowest BCUT2D eigenvalue weighted by Crippen LogP contribution is -2.60. The van der Waals surface area contributed by atoms with Crippen LogP contribution in [0, 0.1) is 5.41 Å². The van der Waals surface area contributed by atoms with Crippen LogP contribution in [-0.2, 0) is 9.47 Å². The number of fused-ring (bicyclic) bond motifs is 1. The number of likely N-dealkylation sites (tertiary alicyclic amines) is 1. The summed E-state index contributed by atoms with van der Waals surface area (Å²) < 4.78 is 11.5. The van der Waals surface area contributed by atoms with Crippen molar-refractivity contribution in [2.24, 2.45) is 5.41 Å². The van der Waals surface area contributed by atoms with Crippen LogP contribution in [0.4, 0.5) is 0 Å². The van der Waals surface area contributed by atoms with Crippen molar-refractivity contribution < 1.29 is 9.47 Å². The highest BCUT2D eigenvalue weighted by Crippen LogP contribution is 2.38. The van der Waals surface area contributed by atoms with E-state index in [0.29, 0.717) is 25.0 Å². The molecule has 2 fully saturated rings. The molecule has 0 spiro atoms. The highest BCUT2D eigenvalue weighted by molar-refractivity contribution is 4.99. The Morgan fingerprint density at radius 3 is 2.44 bits per heavy atom. The van der Waals surface area contributed by atoms with Crippen LogP contribution in [0.15, 0.2) is 0 Å². The zero-order chi connectivity index (χ0) is 11.9. The number of piperidine rings is 1. The van der Waals surface area contributed by atoms with E-state index < -0.39 is 0 Å². The molecule has 94 valence electrons. The van der Waals surface area contributed by atoms with Crippen molar-refractivity contribution >= 4 is 0 Å². The number of rotatable bonds is 1. The van der Waals surface area contributed by atoms with E-state index in [1.54, 1.807) is 0 Å². The fourth-order valence-corrected chi connectivity index (χ4v) is 3.12. The van der Waals surface area contributed by atoms with E-state index in [2.05, 4.69) is 39.5 Å². The Labute approximate surface area is 99.1 Å². The Hall–Kier alpha value is -0.120. The molecule has 0 aromatic carbocycles. The fourth-order valence-electron chi connectivity index (χ4n) is 3.12. The second-order valence-electron chi connectivity index (χ2n) is 6.39. The fraction of sp³-hybridized carbons (Fsp3) is 1.00. The van der Waals surface area contributed by atoms with Crippen molar-refractivity contribution in [3.63, 3.8) is 0 Å². The summed E-state index contributed by atoms with van der Waals surface area (Å²) in [7, 11) is 0. The lowest BCUT2D eigenvalue weighted by molar-refractivity contribution is -0.0665. The zero-order valence-corrected chi connectivity index (χ0v) is 11.2. The SMILES string of the molecule is CC(C)N1CCC2OCOC2C1C(C)(C)C. The van der Waals surface area contributed by atoms with Crippen LogP contribution in [0.25, 0.3) is 0 Å². The quantitative estimate of drug-likeness (QED) is 0.686. The molecule has 0 aliphatic carbocycles. The summed E-state index contributed by atoms with van der Waals surface area (Å²) in [4.78, 5) is 2.58. The van der Waals surface area contributed by atoms with Gasteiger partial charge in [0.25, 0.3) is 0 Å². The minimum absolute atomic E-state index is 0.237. The van der Waals surface area contributed by atoms with Crippen LogP contribution < -0.4 is 0 Å². The molecular formula is C13H25NO2. The molecule has 3 heteroatoms. The Morgan fingerprint density at radius 2 is 1.88 bits per heavy atom. The molecule has 0 N–H and O–H groups in total. The first-order chi connectivity index (χ1) is 7.41. The molecular weight excluding hydrogens is 202 g/mol. The maximum atomic E-state index is 5.81. The first-order valence-corrected chi connectivity index (χ1v) is 6.40. The minimum atomic E-state index is 0.237. The van der Waals surface area contributed by atoms with E-state index in [0.717, 1.165) is 13.0 Å². The summed E-state index contributed by atoms with van der Waals surface area (Å²) in [5.41, 5.74) is 0.237. The molecule has 3 atom stereocenters. The predicted octanol–water partition coefficient (Wildman–Crippen LogP) is 2.26. The molecule has 0 aromatic heterocycles. The smallest absolute Gasteiger partial charge is 0.147 e. The Bertz CT molecular complexity index is 245. The van der Waals surface area contributed by atoms with Crippen molar-refractivity contribution in [3.8, 4) is 0 Å². The van der Waals surface area contributed by atoms with Crippen LogP contribution >= 0.6 is 0 Å². The Kier molecular flexibility index (Phi) is 3.30. The van der Waals surface area contributed by atoms with E-state index in [4.69, 9.17) is 9.47 Å². The predicted molar refractivity (Wildman–Crippen MR) is 64.3 cm³/mol. The lowest BCUT2D eigenvalue weighted by atomic mass is 9.77. The Morgan fingerprint density at radius 1 is 1.19 bits per heavy atom. The van der Waals surface area contributed by atoms with Crippen LogP contribution in [0.2, 0.25) is 0 Å². The molecule has 0 bridgehead atoms.